The minimum Gasteiger partial charge on any atom is -0.482 e. The Hall–Kier alpha value is -6.22. The molecular weight excluding hydrogens is 737 g/mol. The molecule has 0 fully saturated rings. The summed E-state index contributed by atoms with van der Waals surface area (Å²) in [5, 5.41) is 3.69. The number of hydrogen-bond acceptors (Lipinski definition) is 8. The van der Waals surface area contributed by atoms with Crippen LogP contribution in [0.1, 0.15) is 90.0 Å². The summed E-state index contributed by atoms with van der Waals surface area (Å²) in [6, 6.07) is 30.8. The number of ketones is 4. The minimum atomic E-state index is -0.708. The van der Waals surface area contributed by atoms with Gasteiger partial charge < -0.3 is 9.47 Å². The van der Waals surface area contributed by atoms with Crippen molar-refractivity contribution in [1.29, 1.82) is 0 Å². The molecule has 0 unspecified atom stereocenters. The Labute approximate surface area is 329 Å². The Kier molecular flexibility index (Phi) is 6.62. The van der Waals surface area contributed by atoms with Crippen molar-refractivity contribution in [2.45, 2.75) is 38.9 Å². The highest BCUT2D eigenvalue weighted by Gasteiger charge is 2.41. The molecule has 11 rings (SSSR count). The average Bonchev–Trinajstić information content (AvgIpc) is 3.92. The highest BCUT2D eigenvalue weighted by atomic mass is 32.1. The Morgan fingerprint density at radius 2 is 0.768 bits per heavy atom. The van der Waals surface area contributed by atoms with Crippen LogP contribution in [0.5, 0.6) is 11.5 Å². The molecule has 0 N–H and O–H groups in total. The number of thiophene rings is 2. The molecule has 0 saturated carbocycles. The Morgan fingerprint density at radius 1 is 0.446 bits per heavy atom. The van der Waals surface area contributed by atoms with Gasteiger partial charge in [0, 0.05) is 64.0 Å². The zero-order chi connectivity index (χ0) is 38.4. The number of rotatable bonds is 2. The summed E-state index contributed by atoms with van der Waals surface area (Å²) in [6.45, 7) is 8.06. The fourth-order valence-corrected chi connectivity index (χ4v) is 11.1. The van der Waals surface area contributed by atoms with Crippen molar-refractivity contribution in [3.05, 3.63) is 151 Å². The Morgan fingerprint density at radius 3 is 1.09 bits per heavy atom. The Balaban J connectivity index is 0.972. The number of carbonyl (C=O) groups excluding carboxylic acids is 4. The number of hydrogen-bond donors (Lipinski definition) is 0. The number of ether oxygens (including phenoxy) is 2. The first-order chi connectivity index (χ1) is 26.8. The summed E-state index contributed by atoms with van der Waals surface area (Å²) in [6.07, 6.45) is 3.45. The van der Waals surface area contributed by atoms with Gasteiger partial charge in [0.1, 0.15) is 22.7 Å². The first-order valence-electron chi connectivity index (χ1n) is 18.4. The fourth-order valence-electron chi connectivity index (χ4n) is 8.57. The van der Waals surface area contributed by atoms with Gasteiger partial charge in [0.2, 0.25) is 0 Å². The van der Waals surface area contributed by atoms with E-state index < -0.39 is 11.2 Å². The molecule has 270 valence electrons. The monoisotopic (exact) mass is 766 g/mol. The van der Waals surface area contributed by atoms with Gasteiger partial charge in [0.15, 0.2) is 23.1 Å². The first-order valence-corrected chi connectivity index (χ1v) is 20.0. The van der Waals surface area contributed by atoms with Crippen molar-refractivity contribution >= 4 is 79.5 Å². The molecule has 4 aliphatic rings. The molecule has 8 heteroatoms. The van der Waals surface area contributed by atoms with Gasteiger partial charge >= 0.3 is 0 Å². The molecule has 4 heterocycles. The second-order valence-corrected chi connectivity index (χ2v) is 17.9. The van der Waals surface area contributed by atoms with Crippen LogP contribution in [-0.2, 0) is 11.2 Å². The van der Waals surface area contributed by atoms with Crippen molar-refractivity contribution in [3.63, 3.8) is 0 Å². The van der Waals surface area contributed by atoms with Crippen LogP contribution in [0, 0.1) is 0 Å². The molecule has 0 bridgehead atoms. The lowest BCUT2D eigenvalue weighted by atomic mass is 9.88. The van der Waals surface area contributed by atoms with E-state index in [1.807, 2.05) is 125 Å². The van der Waals surface area contributed by atoms with Crippen LogP contribution in [0.15, 0.2) is 108 Å². The molecule has 2 aromatic heterocycles. The molecule has 0 radical (unpaired) electrons. The molecular formula is C48H30O6S2. The average molecular weight is 767 g/mol. The summed E-state index contributed by atoms with van der Waals surface area (Å²) < 4.78 is 13.4. The summed E-state index contributed by atoms with van der Waals surface area (Å²) >= 11 is 3.04. The molecule has 56 heavy (non-hydrogen) atoms. The van der Waals surface area contributed by atoms with Crippen LogP contribution < -0.4 is 9.47 Å². The number of allylic oxidation sites excluding steroid dienone is 2. The highest BCUT2D eigenvalue weighted by molar-refractivity contribution is 7.17. The summed E-state index contributed by atoms with van der Waals surface area (Å²) in [4.78, 5) is 58.0. The van der Waals surface area contributed by atoms with E-state index in [0.717, 1.165) is 63.3 Å². The maximum Gasteiger partial charge on any atom is 0.197 e. The smallest absolute Gasteiger partial charge is 0.197 e. The van der Waals surface area contributed by atoms with E-state index >= 15 is 0 Å². The van der Waals surface area contributed by atoms with Crippen LogP contribution in [0.25, 0.3) is 54.6 Å². The largest absolute Gasteiger partial charge is 0.482 e. The highest BCUT2D eigenvalue weighted by Crippen LogP contribution is 2.57. The third-order valence-corrected chi connectivity index (χ3v) is 13.6. The van der Waals surface area contributed by atoms with Gasteiger partial charge in [-0.3, -0.25) is 19.2 Å². The molecule has 2 aliphatic heterocycles. The third-order valence-electron chi connectivity index (χ3n) is 11.4. The van der Waals surface area contributed by atoms with E-state index in [2.05, 4.69) is 0 Å². The topological polar surface area (TPSA) is 86.7 Å². The van der Waals surface area contributed by atoms with Crippen LogP contribution >= 0.6 is 22.7 Å². The molecule has 0 spiro atoms. The van der Waals surface area contributed by atoms with Crippen LogP contribution in [-0.4, -0.2) is 23.1 Å². The van der Waals surface area contributed by atoms with Gasteiger partial charge in [-0.1, -0.05) is 48.5 Å². The van der Waals surface area contributed by atoms with E-state index in [-0.39, 0.29) is 34.3 Å². The molecule has 5 aromatic carbocycles. The normalized spacial score (nSPS) is 16.9. The maximum absolute atomic E-state index is 13.6. The zero-order valence-corrected chi connectivity index (χ0v) is 32.3. The summed E-state index contributed by atoms with van der Waals surface area (Å²) in [7, 11) is 0. The SMILES string of the molecule is CC1(C)Oc2cc3c(cc2-c2sc(C=C4C(=O)c5cc6ccccc6cc5C4=O)cc21)OC(C)(C)c1cc(C=C2C(=O)c4cc5ccccc5cc4C2=O)sc1-3. The fraction of sp³-hybridized carbons (Fsp3) is 0.125. The Bertz CT molecular complexity index is 2790. The van der Waals surface area contributed by atoms with E-state index in [1.54, 1.807) is 12.2 Å². The van der Waals surface area contributed by atoms with Gasteiger partial charge in [-0.2, -0.15) is 0 Å². The molecule has 6 nitrogen and oxygen atoms in total. The molecule has 0 atom stereocenters. The predicted octanol–water partition coefficient (Wildman–Crippen LogP) is 11.6. The zero-order valence-electron chi connectivity index (χ0n) is 30.7. The third kappa shape index (κ3) is 4.66. The lowest BCUT2D eigenvalue weighted by molar-refractivity contribution is 0.0975. The van der Waals surface area contributed by atoms with Gasteiger partial charge in [-0.05, 0) is 110 Å². The van der Waals surface area contributed by atoms with E-state index in [1.165, 1.54) is 22.7 Å². The lowest BCUT2D eigenvalue weighted by Gasteiger charge is -2.36. The van der Waals surface area contributed by atoms with Crippen molar-refractivity contribution < 1.29 is 28.7 Å². The number of Topliss-reactive ketones (excluding diaryl/α,β-unsaturated/α-hetero) is 4. The standard InChI is InChI=1S/C48H30O6S2/c1-47(2)37-19-27(17-35-41(49)29-13-23-9-5-6-10-24(23)14-30(29)42(35)50)55-45(37)33-22-40-34(21-39(33)53-47)46-38(48(3,4)54-40)20-28(56-46)18-36-43(51)31-15-25-11-7-8-12-26(25)16-32(31)44(36)52/h5-22H,1-4H3. The van der Waals surface area contributed by atoms with E-state index in [4.69, 9.17) is 9.47 Å². The quantitative estimate of drug-likeness (QED) is 0.129. The van der Waals surface area contributed by atoms with Gasteiger partial charge in [-0.15, -0.1) is 22.7 Å². The summed E-state index contributed by atoms with van der Waals surface area (Å²) in [5.41, 5.74) is 4.34. The molecule has 0 saturated heterocycles. The van der Waals surface area contributed by atoms with E-state index in [9.17, 15) is 19.2 Å². The summed E-state index contributed by atoms with van der Waals surface area (Å²) in [5.74, 6) is 0.350. The second-order valence-electron chi connectivity index (χ2n) is 15.8. The van der Waals surface area contributed by atoms with Crippen molar-refractivity contribution in [2.75, 3.05) is 0 Å². The predicted molar refractivity (Wildman–Crippen MR) is 222 cm³/mol. The van der Waals surface area contributed by atoms with E-state index in [0.29, 0.717) is 33.8 Å². The van der Waals surface area contributed by atoms with Crippen molar-refractivity contribution in [2.24, 2.45) is 0 Å². The van der Waals surface area contributed by atoms with Crippen molar-refractivity contribution in [1.82, 2.24) is 0 Å². The first kappa shape index (κ1) is 33.1. The van der Waals surface area contributed by atoms with Gasteiger partial charge in [0.05, 0.1) is 11.1 Å². The van der Waals surface area contributed by atoms with Gasteiger partial charge in [-0.25, -0.2) is 0 Å². The second kappa shape index (κ2) is 11.2. The maximum atomic E-state index is 13.6. The lowest BCUT2D eigenvalue weighted by Crippen LogP contribution is -2.30. The number of benzene rings is 5. The molecule has 2 aliphatic carbocycles. The van der Waals surface area contributed by atoms with Crippen LogP contribution in [0.4, 0.5) is 0 Å². The minimum absolute atomic E-state index is 0.165. The van der Waals surface area contributed by atoms with Crippen molar-refractivity contribution in [3.8, 4) is 32.4 Å². The number of carbonyl (C=O) groups is 4. The van der Waals surface area contributed by atoms with Crippen LogP contribution in [0.2, 0.25) is 0 Å². The molecule has 0 amide bonds. The molecule has 7 aromatic rings. The van der Waals surface area contributed by atoms with Crippen LogP contribution in [0.3, 0.4) is 0 Å². The van der Waals surface area contributed by atoms with Gasteiger partial charge in [0.25, 0.3) is 0 Å². The number of fused-ring (bicyclic) bond motifs is 10.